The lowest BCUT2D eigenvalue weighted by molar-refractivity contribution is -0.137. The summed E-state index contributed by atoms with van der Waals surface area (Å²) in [6.07, 6.45) is -5.77. The SMILES string of the molecule is CN(C)c1ccc([C@@H](O)CNS(=O)(=O)c2cccc(C(F)(F)F)c2)cc1. The molecule has 0 saturated heterocycles. The molecule has 1 atom stereocenters. The van der Waals surface area contributed by atoms with Gasteiger partial charge in [-0.25, -0.2) is 13.1 Å². The summed E-state index contributed by atoms with van der Waals surface area (Å²) in [6, 6.07) is 10.3. The molecule has 2 aromatic rings. The fraction of sp³-hybridized carbons (Fsp3) is 0.294. The van der Waals surface area contributed by atoms with Crippen LogP contribution in [0.2, 0.25) is 0 Å². The molecule has 0 spiro atoms. The lowest BCUT2D eigenvalue weighted by atomic mass is 10.1. The van der Waals surface area contributed by atoms with Crippen molar-refractivity contribution in [1.29, 1.82) is 0 Å². The maximum Gasteiger partial charge on any atom is 0.416 e. The second-order valence-electron chi connectivity index (χ2n) is 5.88. The van der Waals surface area contributed by atoms with Crippen LogP contribution in [0.5, 0.6) is 0 Å². The highest BCUT2D eigenvalue weighted by Gasteiger charge is 2.31. The lowest BCUT2D eigenvalue weighted by Gasteiger charge is -2.16. The summed E-state index contributed by atoms with van der Waals surface area (Å²) < 4.78 is 64.7. The molecule has 0 heterocycles. The first kappa shape index (κ1) is 20.2. The van der Waals surface area contributed by atoms with Gasteiger partial charge < -0.3 is 10.0 Å². The van der Waals surface area contributed by atoms with Crippen LogP contribution in [0.1, 0.15) is 17.2 Å². The normalized spacial score (nSPS) is 13.5. The molecule has 9 heteroatoms. The van der Waals surface area contributed by atoms with Gasteiger partial charge in [0.15, 0.2) is 0 Å². The summed E-state index contributed by atoms with van der Waals surface area (Å²) in [4.78, 5) is 1.36. The molecule has 0 aliphatic rings. The largest absolute Gasteiger partial charge is 0.416 e. The highest BCUT2D eigenvalue weighted by molar-refractivity contribution is 7.89. The van der Waals surface area contributed by atoms with Gasteiger partial charge in [0.2, 0.25) is 10.0 Å². The Hall–Kier alpha value is -2.10. The molecule has 0 bridgehead atoms. The van der Waals surface area contributed by atoms with E-state index in [0.29, 0.717) is 11.6 Å². The quantitative estimate of drug-likeness (QED) is 0.799. The van der Waals surface area contributed by atoms with E-state index in [1.165, 1.54) is 0 Å². The first-order valence-electron chi connectivity index (χ1n) is 7.63. The molecule has 26 heavy (non-hydrogen) atoms. The Morgan fingerprint density at radius 1 is 1.12 bits per heavy atom. The van der Waals surface area contributed by atoms with Gasteiger partial charge in [-0.05, 0) is 35.9 Å². The van der Waals surface area contributed by atoms with Crippen LogP contribution in [-0.4, -0.2) is 34.2 Å². The third-order valence-corrected chi connectivity index (χ3v) is 5.15. The molecule has 0 amide bonds. The minimum Gasteiger partial charge on any atom is -0.387 e. The number of aliphatic hydroxyl groups is 1. The van der Waals surface area contributed by atoms with E-state index < -0.39 is 32.8 Å². The Morgan fingerprint density at radius 3 is 2.27 bits per heavy atom. The zero-order chi connectivity index (χ0) is 19.5. The van der Waals surface area contributed by atoms with Gasteiger partial charge in [0.25, 0.3) is 0 Å². The van der Waals surface area contributed by atoms with Gasteiger partial charge >= 0.3 is 6.18 Å². The monoisotopic (exact) mass is 388 g/mol. The molecule has 2 aromatic carbocycles. The van der Waals surface area contributed by atoms with Crippen molar-refractivity contribution in [1.82, 2.24) is 4.72 Å². The van der Waals surface area contributed by atoms with E-state index in [1.807, 2.05) is 19.0 Å². The van der Waals surface area contributed by atoms with Crippen molar-refractivity contribution in [2.45, 2.75) is 17.2 Å². The van der Waals surface area contributed by atoms with Crippen LogP contribution < -0.4 is 9.62 Å². The standard InChI is InChI=1S/C17H19F3N2O3S/c1-22(2)14-8-6-12(7-9-14)16(23)11-21-26(24,25)15-5-3-4-13(10-15)17(18,19)20/h3-10,16,21,23H,11H2,1-2H3/t16-/m0/s1. The smallest absolute Gasteiger partial charge is 0.387 e. The molecule has 0 unspecified atom stereocenters. The lowest BCUT2D eigenvalue weighted by Crippen LogP contribution is -2.28. The van der Waals surface area contributed by atoms with Crippen LogP contribution in [-0.2, 0) is 16.2 Å². The average Bonchev–Trinajstić information content (AvgIpc) is 2.59. The molecular formula is C17H19F3N2O3S. The fourth-order valence-corrected chi connectivity index (χ4v) is 3.31. The summed E-state index contributed by atoms with van der Waals surface area (Å²) in [7, 11) is -0.474. The van der Waals surface area contributed by atoms with E-state index in [2.05, 4.69) is 4.72 Å². The molecule has 2 N–H and O–H groups in total. The van der Waals surface area contributed by atoms with Crippen molar-refractivity contribution in [3.8, 4) is 0 Å². The summed E-state index contributed by atoms with van der Waals surface area (Å²) in [5.41, 5.74) is 0.341. The van der Waals surface area contributed by atoms with Crippen molar-refractivity contribution in [2.75, 3.05) is 25.5 Å². The first-order valence-corrected chi connectivity index (χ1v) is 9.11. The highest BCUT2D eigenvalue weighted by Crippen LogP contribution is 2.30. The van der Waals surface area contributed by atoms with Gasteiger partial charge in [-0.1, -0.05) is 18.2 Å². The number of anilines is 1. The number of alkyl halides is 3. The Labute approximate surface area is 150 Å². The van der Waals surface area contributed by atoms with Gasteiger partial charge in [-0.3, -0.25) is 0 Å². The minimum atomic E-state index is -4.64. The number of nitrogens with one attached hydrogen (secondary N) is 1. The molecule has 0 radical (unpaired) electrons. The van der Waals surface area contributed by atoms with Crippen LogP contribution in [0.4, 0.5) is 18.9 Å². The van der Waals surface area contributed by atoms with Crippen LogP contribution in [0.15, 0.2) is 53.4 Å². The van der Waals surface area contributed by atoms with Gasteiger partial charge in [0.1, 0.15) is 0 Å². The molecule has 0 saturated carbocycles. The van der Waals surface area contributed by atoms with Crippen LogP contribution in [0.3, 0.4) is 0 Å². The number of benzene rings is 2. The van der Waals surface area contributed by atoms with E-state index in [0.717, 1.165) is 23.9 Å². The van der Waals surface area contributed by atoms with E-state index in [1.54, 1.807) is 24.3 Å². The van der Waals surface area contributed by atoms with E-state index in [4.69, 9.17) is 0 Å². The topological polar surface area (TPSA) is 69.6 Å². The van der Waals surface area contributed by atoms with Crippen molar-refractivity contribution in [2.24, 2.45) is 0 Å². The van der Waals surface area contributed by atoms with Gasteiger partial charge in [-0.2, -0.15) is 13.2 Å². The number of halogens is 3. The number of sulfonamides is 1. The van der Waals surface area contributed by atoms with Crippen molar-refractivity contribution < 1.29 is 26.7 Å². The maximum absolute atomic E-state index is 12.7. The van der Waals surface area contributed by atoms with E-state index in [-0.39, 0.29) is 6.54 Å². The second kappa shape index (κ2) is 7.65. The maximum atomic E-state index is 12.7. The first-order chi connectivity index (χ1) is 12.0. The van der Waals surface area contributed by atoms with E-state index in [9.17, 15) is 26.7 Å². The third kappa shape index (κ3) is 4.96. The molecule has 0 aromatic heterocycles. The summed E-state index contributed by atoms with van der Waals surface area (Å²) in [5, 5.41) is 10.1. The third-order valence-electron chi connectivity index (χ3n) is 3.73. The van der Waals surface area contributed by atoms with Gasteiger partial charge in [0, 0.05) is 26.3 Å². The number of hydrogen-bond donors (Lipinski definition) is 2. The number of hydrogen-bond acceptors (Lipinski definition) is 4. The molecule has 0 aliphatic carbocycles. The average molecular weight is 388 g/mol. The Balaban J connectivity index is 2.10. The van der Waals surface area contributed by atoms with Crippen molar-refractivity contribution in [3.05, 3.63) is 59.7 Å². The van der Waals surface area contributed by atoms with Gasteiger partial charge in [0.05, 0.1) is 16.6 Å². The number of nitrogens with zero attached hydrogens (tertiary/aromatic N) is 1. The number of aliphatic hydroxyl groups excluding tert-OH is 1. The zero-order valence-electron chi connectivity index (χ0n) is 14.2. The molecule has 2 rings (SSSR count). The van der Waals surface area contributed by atoms with E-state index >= 15 is 0 Å². The van der Waals surface area contributed by atoms with Gasteiger partial charge in [-0.15, -0.1) is 0 Å². The molecule has 5 nitrogen and oxygen atoms in total. The Morgan fingerprint density at radius 2 is 1.73 bits per heavy atom. The fourth-order valence-electron chi connectivity index (χ4n) is 2.22. The minimum absolute atomic E-state index is 0.361. The predicted molar refractivity (Wildman–Crippen MR) is 92.4 cm³/mol. The van der Waals surface area contributed by atoms with Crippen molar-refractivity contribution in [3.63, 3.8) is 0 Å². The molecule has 0 aliphatic heterocycles. The molecule has 142 valence electrons. The van der Waals surface area contributed by atoms with Crippen LogP contribution >= 0.6 is 0 Å². The van der Waals surface area contributed by atoms with Crippen LogP contribution in [0.25, 0.3) is 0 Å². The van der Waals surface area contributed by atoms with Crippen molar-refractivity contribution >= 4 is 15.7 Å². The summed E-state index contributed by atoms with van der Waals surface area (Å²) in [6.45, 7) is -0.361. The number of rotatable bonds is 6. The Bertz CT molecular complexity index is 850. The predicted octanol–water partition coefficient (Wildman–Crippen LogP) is 2.78. The molecular weight excluding hydrogens is 369 g/mol. The second-order valence-corrected chi connectivity index (χ2v) is 7.65. The molecule has 0 fully saturated rings. The summed E-state index contributed by atoms with van der Waals surface area (Å²) in [5.74, 6) is 0. The van der Waals surface area contributed by atoms with Crippen LogP contribution in [0, 0.1) is 0 Å². The highest BCUT2D eigenvalue weighted by atomic mass is 32.2. The summed E-state index contributed by atoms with van der Waals surface area (Å²) >= 11 is 0. The zero-order valence-corrected chi connectivity index (χ0v) is 15.0. The Kier molecular flexibility index (Phi) is 5.94.